The van der Waals surface area contributed by atoms with E-state index in [-0.39, 0.29) is 23.9 Å². The van der Waals surface area contributed by atoms with E-state index in [0.717, 1.165) is 19.3 Å². The first-order chi connectivity index (χ1) is 8.49. The largest absolute Gasteiger partial charge is 0.353 e. The van der Waals surface area contributed by atoms with Crippen LogP contribution in [0.15, 0.2) is 0 Å². The lowest BCUT2D eigenvalue weighted by Crippen LogP contribution is -2.47. The van der Waals surface area contributed by atoms with E-state index in [1.54, 1.807) is 6.26 Å². The van der Waals surface area contributed by atoms with Gasteiger partial charge in [-0.3, -0.25) is 9.00 Å². The van der Waals surface area contributed by atoms with Gasteiger partial charge < -0.3 is 11.1 Å². The molecular weight excluding hydrogens is 248 g/mol. The summed E-state index contributed by atoms with van der Waals surface area (Å²) in [4.78, 5) is 12.2. The Balaban J connectivity index is 1.83. The molecule has 2 saturated carbocycles. The second-order valence-corrected chi connectivity index (χ2v) is 7.47. The smallest absolute Gasteiger partial charge is 0.225 e. The number of fused-ring (bicyclic) bond motifs is 2. The molecule has 0 spiro atoms. The fourth-order valence-electron chi connectivity index (χ4n) is 3.48. The van der Waals surface area contributed by atoms with Crippen LogP contribution in [0, 0.1) is 17.8 Å². The molecule has 6 atom stereocenters. The predicted octanol–water partition coefficient (Wildman–Crippen LogP) is 0.633. The van der Waals surface area contributed by atoms with E-state index in [0.29, 0.717) is 17.6 Å². The van der Waals surface area contributed by atoms with Crippen molar-refractivity contribution in [2.75, 3.05) is 12.0 Å². The molecule has 0 aromatic carbocycles. The van der Waals surface area contributed by atoms with Gasteiger partial charge in [-0.15, -0.1) is 0 Å². The van der Waals surface area contributed by atoms with Crippen LogP contribution in [-0.2, 0) is 15.6 Å². The van der Waals surface area contributed by atoms with Crippen LogP contribution in [0.5, 0.6) is 0 Å². The van der Waals surface area contributed by atoms with Gasteiger partial charge in [0.2, 0.25) is 5.91 Å². The van der Waals surface area contributed by atoms with Crippen LogP contribution in [0.4, 0.5) is 0 Å². The highest BCUT2D eigenvalue weighted by Crippen LogP contribution is 2.47. The van der Waals surface area contributed by atoms with Crippen molar-refractivity contribution < 1.29 is 9.00 Å². The van der Waals surface area contributed by atoms with Crippen LogP contribution in [0.1, 0.15) is 32.6 Å². The summed E-state index contributed by atoms with van der Waals surface area (Å²) in [6.07, 6.45) is 5.95. The van der Waals surface area contributed by atoms with Gasteiger partial charge in [-0.1, -0.05) is 0 Å². The molecule has 4 nitrogen and oxygen atoms in total. The lowest BCUT2D eigenvalue weighted by molar-refractivity contribution is -0.127. The Kier molecular flexibility index (Phi) is 4.43. The average Bonchev–Trinajstić information content (AvgIpc) is 2.86. The highest BCUT2D eigenvalue weighted by atomic mass is 32.2. The third kappa shape index (κ3) is 2.94. The highest BCUT2D eigenvalue weighted by molar-refractivity contribution is 7.84. The topological polar surface area (TPSA) is 72.2 Å². The van der Waals surface area contributed by atoms with Crippen molar-refractivity contribution in [1.29, 1.82) is 0 Å². The standard InChI is InChI=1S/C13H24N2O2S/c1-8(5-6-18(2)17)15-13(16)11-9-3-4-10(7-9)12(11)14/h8-12H,3-7,14H2,1-2H3,(H,15,16). The second-order valence-electron chi connectivity index (χ2n) is 5.91. The first-order valence-electron chi connectivity index (χ1n) is 6.85. The summed E-state index contributed by atoms with van der Waals surface area (Å²) in [6.45, 7) is 1.98. The molecule has 0 aliphatic heterocycles. The summed E-state index contributed by atoms with van der Waals surface area (Å²) in [5.74, 6) is 1.83. The Labute approximate surface area is 112 Å². The molecule has 2 fully saturated rings. The number of nitrogens with two attached hydrogens (primary N) is 1. The normalized spacial score (nSPS) is 37.5. The average molecular weight is 272 g/mol. The van der Waals surface area contributed by atoms with E-state index >= 15 is 0 Å². The summed E-state index contributed by atoms with van der Waals surface area (Å²) < 4.78 is 11.0. The van der Waals surface area contributed by atoms with Crippen molar-refractivity contribution in [2.24, 2.45) is 23.5 Å². The van der Waals surface area contributed by atoms with Crippen molar-refractivity contribution in [3.63, 3.8) is 0 Å². The summed E-state index contributed by atoms with van der Waals surface area (Å²) in [5.41, 5.74) is 6.15. The van der Waals surface area contributed by atoms with Crippen LogP contribution in [0.2, 0.25) is 0 Å². The first-order valence-corrected chi connectivity index (χ1v) is 8.57. The summed E-state index contributed by atoms with van der Waals surface area (Å²) >= 11 is 0. The van der Waals surface area contributed by atoms with Gasteiger partial charge in [0.1, 0.15) is 0 Å². The van der Waals surface area contributed by atoms with Gasteiger partial charge in [-0.25, -0.2) is 0 Å². The lowest BCUT2D eigenvalue weighted by Gasteiger charge is -2.28. The van der Waals surface area contributed by atoms with Crippen molar-refractivity contribution in [3.05, 3.63) is 0 Å². The molecule has 2 aliphatic rings. The molecule has 2 bridgehead atoms. The zero-order chi connectivity index (χ0) is 13.3. The quantitative estimate of drug-likeness (QED) is 0.771. The lowest BCUT2D eigenvalue weighted by atomic mass is 9.84. The third-order valence-electron chi connectivity index (χ3n) is 4.51. The monoisotopic (exact) mass is 272 g/mol. The minimum atomic E-state index is -0.787. The number of hydrogen-bond donors (Lipinski definition) is 2. The number of hydrogen-bond acceptors (Lipinski definition) is 3. The van der Waals surface area contributed by atoms with Crippen LogP contribution in [0.3, 0.4) is 0 Å². The molecule has 0 aromatic rings. The Hall–Kier alpha value is -0.420. The van der Waals surface area contributed by atoms with Crippen molar-refractivity contribution in [3.8, 4) is 0 Å². The SMILES string of the molecule is CC(CCS(C)=O)NC(=O)C1C2CCC(C2)C1N. The van der Waals surface area contributed by atoms with E-state index < -0.39 is 10.8 Å². The van der Waals surface area contributed by atoms with E-state index in [1.807, 2.05) is 6.92 Å². The molecule has 18 heavy (non-hydrogen) atoms. The number of carbonyl (C=O) groups excluding carboxylic acids is 1. The third-order valence-corrected chi connectivity index (χ3v) is 5.32. The van der Waals surface area contributed by atoms with Gasteiger partial charge >= 0.3 is 0 Å². The van der Waals surface area contributed by atoms with Crippen LogP contribution in [-0.4, -0.2) is 34.2 Å². The van der Waals surface area contributed by atoms with Gasteiger partial charge in [-0.05, 0) is 44.4 Å². The van der Waals surface area contributed by atoms with Gasteiger partial charge in [0, 0.05) is 34.9 Å². The molecule has 5 heteroatoms. The van der Waals surface area contributed by atoms with Crippen molar-refractivity contribution in [1.82, 2.24) is 5.32 Å². The molecule has 0 heterocycles. The Bertz CT molecular complexity index is 346. The maximum Gasteiger partial charge on any atom is 0.225 e. The summed E-state index contributed by atoms with van der Waals surface area (Å²) in [6, 6.07) is 0.143. The number of carbonyl (C=O) groups is 1. The van der Waals surface area contributed by atoms with Gasteiger partial charge in [0.15, 0.2) is 0 Å². The molecule has 3 N–H and O–H groups in total. The van der Waals surface area contributed by atoms with E-state index in [9.17, 15) is 9.00 Å². The second kappa shape index (κ2) is 5.70. The number of rotatable bonds is 5. The van der Waals surface area contributed by atoms with Gasteiger partial charge in [0.25, 0.3) is 0 Å². The molecule has 0 radical (unpaired) electrons. The van der Waals surface area contributed by atoms with Gasteiger partial charge in [-0.2, -0.15) is 0 Å². The number of nitrogens with one attached hydrogen (secondary N) is 1. The fraction of sp³-hybridized carbons (Fsp3) is 0.923. The Morgan fingerprint density at radius 2 is 2.11 bits per heavy atom. The Morgan fingerprint density at radius 3 is 2.67 bits per heavy atom. The molecule has 6 unspecified atom stereocenters. The Morgan fingerprint density at radius 1 is 1.44 bits per heavy atom. The fourth-order valence-corrected chi connectivity index (χ4v) is 4.16. The van der Waals surface area contributed by atoms with Crippen LogP contribution in [0.25, 0.3) is 0 Å². The number of amides is 1. The molecular formula is C13H24N2O2S. The van der Waals surface area contributed by atoms with Crippen LogP contribution < -0.4 is 11.1 Å². The summed E-state index contributed by atoms with van der Waals surface area (Å²) in [5, 5.41) is 3.04. The molecule has 2 aliphatic carbocycles. The van der Waals surface area contributed by atoms with E-state index in [1.165, 1.54) is 6.42 Å². The predicted molar refractivity (Wildman–Crippen MR) is 73.5 cm³/mol. The molecule has 0 aromatic heterocycles. The molecule has 2 rings (SSSR count). The minimum Gasteiger partial charge on any atom is -0.353 e. The van der Waals surface area contributed by atoms with Crippen molar-refractivity contribution >= 4 is 16.7 Å². The van der Waals surface area contributed by atoms with E-state index in [4.69, 9.17) is 5.73 Å². The maximum atomic E-state index is 12.2. The first kappa shape index (κ1) is 14.0. The molecule has 0 saturated heterocycles. The zero-order valence-electron chi connectivity index (χ0n) is 11.2. The highest BCUT2D eigenvalue weighted by Gasteiger charge is 2.49. The van der Waals surface area contributed by atoms with E-state index in [2.05, 4.69) is 5.32 Å². The maximum absolute atomic E-state index is 12.2. The van der Waals surface area contributed by atoms with Gasteiger partial charge in [0.05, 0.1) is 5.92 Å². The molecule has 1 amide bonds. The summed E-state index contributed by atoms with van der Waals surface area (Å²) in [7, 11) is -0.787. The zero-order valence-corrected chi connectivity index (χ0v) is 12.0. The van der Waals surface area contributed by atoms with Crippen molar-refractivity contribution in [2.45, 2.75) is 44.7 Å². The van der Waals surface area contributed by atoms with Crippen LogP contribution >= 0.6 is 0 Å². The molecule has 104 valence electrons. The minimum absolute atomic E-state index is 0.0123.